The van der Waals surface area contributed by atoms with E-state index in [9.17, 15) is 18.4 Å². The lowest BCUT2D eigenvalue weighted by Crippen LogP contribution is -2.50. The smallest absolute Gasteiger partial charge is 0.345 e. The van der Waals surface area contributed by atoms with Crippen molar-refractivity contribution in [3.05, 3.63) is 40.1 Å². The number of alkyl halides is 2. The van der Waals surface area contributed by atoms with Gasteiger partial charge in [0.05, 0.1) is 23.6 Å². The summed E-state index contributed by atoms with van der Waals surface area (Å²) in [6.45, 7) is 0.102. The number of fused-ring (bicyclic) bond motifs is 2. The SMILES string of the molecule is CSc1c(C)ccc2c(=O)c3ccc(N(CC4CC4)C4CC(OC(F)F)C4)nc3n(CC=O)c12. The zero-order valence-electron chi connectivity index (χ0n) is 19.2. The molecule has 0 N–H and O–H groups in total. The molecule has 2 saturated carbocycles. The monoisotopic (exact) mass is 487 g/mol. The van der Waals surface area contributed by atoms with Crippen molar-refractivity contribution in [1.82, 2.24) is 9.55 Å². The van der Waals surface area contributed by atoms with E-state index in [0.717, 1.165) is 41.6 Å². The minimum atomic E-state index is -2.76. The zero-order valence-corrected chi connectivity index (χ0v) is 20.0. The minimum Gasteiger partial charge on any atom is -0.353 e. The molecule has 2 aliphatic rings. The molecule has 1 aromatic carbocycles. The summed E-state index contributed by atoms with van der Waals surface area (Å²) < 4.78 is 31.7. The van der Waals surface area contributed by atoms with Gasteiger partial charge in [-0.1, -0.05) is 6.07 Å². The van der Waals surface area contributed by atoms with Crippen LogP contribution < -0.4 is 10.3 Å². The summed E-state index contributed by atoms with van der Waals surface area (Å²) in [5, 5.41) is 1.03. The number of aryl methyl sites for hydroxylation is 1. The molecule has 0 radical (unpaired) electrons. The molecule has 3 aromatic rings. The lowest BCUT2D eigenvalue weighted by molar-refractivity contribution is -0.183. The predicted molar refractivity (Wildman–Crippen MR) is 130 cm³/mol. The number of aldehydes is 1. The van der Waals surface area contributed by atoms with Gasteiger partial charge in [0.15, 0.2) is 5.43 Å². The fourth-order valence-electron chi connectivity index (χ4n) is 4.92. The Morgan fingerprint density at radius 2 is 1.97 bits per heavy atom. The number of carbonyl (C=O) groups excluding carboxylic acids is 1. The first-order valence-corrected chi connectivity index (χ1v) is 12.8. The molecule has 0 amide bonds. The van der Waals surface area contributed by atoms with Gasteiger partial charge in [-0.3, -0.25) is 4.79 Å². The number of ether oxygens (including phenoxy) is 1. The van der Waals surface area contributed by atoms with E-state index in [-0.39, 0.29) is 18.0 Å². The highest BCUT2D eigenvalue weighted by Crippen LogP contribution is 2.38. The molecule has 34 heavy (non-hydrogen) atoms. The molecular weight excluding hydrogens is 460 g/mol. The van der Waals surface area contributed by atoms with Crippen LogP contribution in [0.2, 0.25) is 0 Å². The Labute approximate surface area is 200 Å². The molecule has 0 aliphatic heterocycles. The van der Waals surface area contributed by atoms with Crippen LogP contribution in [0.25, 0.3) is 21.9 Å². The maximum atomic E-state index is 13.4. The van der Waals surface area contributed by atoms with Gasteiger partial charge in [-0.05, 0) is 68.5 Å². The van der Waals surface area contributed by atoms with E-state index in [1.165, 1.54) is 0 Å². The second-order valence-electron chi connectivity index (χ2n) is 9.20. The first kappa shape index (κ1) is 23.2. The van der Waals surface area contributed by atoms with E-state index in [1.807, 2.05) is 35.9 Å². The molecule has 9 heteroatoms. The molecule has 5 rings (SSSR count). The number of aromatic nitrogens is 2. The lowest BCUT2D eigenvalue weighted by atomic mass is 9.87. The van der Waals surface area contributed by atoms with Crippen LogP contribution in [0.3, 0.4) is 0 Å². The van der Waals surface area contributed by atoms with Crippen LogP contribution in [0.15, 0.2) is 34.0 Å². The van der Waals surface area contributed by atoms with Crippen LogP contribution in [0, 0.1) is 12.8 Å². The van der Waals surface area contributed by atoms with Gasteiger partial charge in [-0.15, -0.1) is 11.8 Å². The van der Waals surface area contributed by atoms with Crippen molar-refractivity contribution in [3.8, 4) is 0 Å². The molecule has 0 atom stereocenters. The number of halogens is 2. The predicted octanol–water partition coefficient (Wildman–Crippen LogP) is 4.77. The van der Waals surface area contributed by atoms with Crippen molar-refractivity contribution in [2.45, 2.75) is 62.8 Å². The Morgan fingerprint density at radius 1 is 1.24 bits per heavy atom. The van der Waals surface area contributed by atoms with Crippen LogP contribution in [-0.4, -0.2) is 47.4 Å². The molecule has 0 unspecified atom stereocenters. The maximum absolute atomic E-state index is 13.4. The van der Waals surface area contributed by atoms with Gasteiger partial charge in [0.1, 0.15) is 17.8 Å². The number of pyridine rings is 2. The highest BCUT2D eigenvalue weighted by atomic mass is 32.2. The summed E-state index contributed by atoms with van der Waals surface area (Å²) in [5.74, 6) is 1.27. The molecule has 0 saturated heterocycles. The normalized spacial score (nSPS) is 20.1. The second-order valence-corrected chi connectivity index (χ2v) is 10.0. The Kier molecular flexibility index (Phi) is 6.33. The van der Waals surface area contributed by atoms with Crippen molar-refractivity contribution in [3.63, 3.8) is 0 Å². The van der Waals surface area contributed by atoms with Crippen LogP contribution in [0.4, 0.5) is 14.6 Å². The van der Waals surface area contributed by atoms with Gasteiger partial charge in [0, 0.05) is 22.9 Å². The van der Waals surface area contributed by atoms with Gasteiger partial charge in [-0.25, -0.2) is 4.98 Å². The highest BCUT2D eigenvalue weighted by Gasteiger charge is 2.39. The van der Waals surface area contributed by atoms with Gasteiger partial charge >= 0.3 is 6.61 Å². The van der Waals surface area contributed by atoms with E-state index < -0.39 is 12.7 Å². The first-order chi connectivity index (χ1) is 16.4. The Hall–Kier alpha value is -2.52. The number of anilines is 1. The number of benzene rings is 1. The summed E-state index contributed by atoms with van der Waals surface area (Å²) in [6, 6.07) is 7.43. The Morgan fingerprint density at radius 3 is 2.62 bits per heavy atom. The Bertz CT molecular complexity index is 1300. The number of carbonyl (C=O) groups is 1. The molecule has 180 valence electrons. The molecule has 0 bridgehead atoms. The number of rotatable bonds is 9. The first-order valence-electron chi connectivity index (χ1n) is 11.6. The molecule has 6 nitrogen and oxygen atoms in total. The van der Waals surface area contributed by atoms with Crippen LogP contribution >= 0.6 is 11.8 Å². The van der Waals surface area contributed by atoms with Gasteiger partial charge in [0.2, 0.25) is 0 Å². The Balaban J connectivity index is 1.63. The average molecular weight is 488 g/mol. The molecule has 2 heterocycles. The van der Waals surface area contributed by atoms with E-state index in [2.05, 4.69) is 9.64 Å². The van der Waals surface area contributed by atoms with Crippen LogP contribution in [0.5, 0.6) is 0 Å². The summed E-state index contributed by atoms with van der Waals surface area (Å²) in [7, 11) is 0. The third kappa shape index (κ3) is 4.20. The van der Waals surface area contributed by atoms with E-state index >= 15 is 0 Å². The summed E-state index contributed by atoms with van der Waals surface area (Å²) in [6.07, 6.45) is 5.66. The molecule has 2 aliphatic carbocycles. The molecule has 2 aromatic heterocycles. The number of nitrogens with zero attached hydrogens (tertiary/aromatic N) is 3. The van der Waals surface area contributed by atoms with Gasteiger partial charge in [-0.2, -0.15) is 8.78 Å². The van der Waals surface area contributed by atoms with E-state index in [4.69, 9.17) is 4.98 Å². The fourth-order valence-corrected chi connectivity index (χ4v) is 5.73. The van der Waals surface area contributed by atoms with Crippen molar-refractivity contribution in [1.29, 1.82) is 0 Å². The summed E-state index contributed by atoms with van der Waals surface area (Å²) in [4.78, 5) is 33.1. The molecule has 0 spiro atoms. The van der Waals surface area contributed by atoms with Gasteiger partial charge in [0.25, 0.3) is 0 Å². The maximum Gasteiger partial charge on any atom is 0.345 e. The largest absolute Gasteiger partial charge is 0.353 e. The quantitative estimate of drug-likeness (QED) is 0.246. The van der Waals surface area contributed by atoms with Crippen LogP contribution in [-0.2, 0) is 16.1 Å². The van der Waals surface area contributed by atoms with E-state index in [1.54, 1.807) is 17.8 Å². The standard InChI is InChI=1S/C25H27F2N3O3S/c1-14-3-6-18-21(23(14)34-2)29(9-10-31)24-19(22(18)32)7-8-20(28-24)30(13-15-4-5-15)16-11-17(12-16)33-25(26)27/h3,6-8,10,15-17,25H,4-5,9,11-13H2,1-2H3. The third-order valence-electron chi connectivity index (χ3n) is 6.92. The van der Waals surface area contributed by atoms with Crippen LogP contribution in [0.1, 0.15) is 31.2 Å². The van der Waals surface area contributed by atoms with Crippen molar-refractivity contribution < 1.29 is 18.3 Å². The van der Waals surface area contributed by atoms with Crippen molar-refractivity contribution in [2.75, 3.05) is 17.7 Å². The van der Waals surface area contributed by atoms with Crippen molar-refractivity contribution in [2.24, 2.45) is 5.92 Å². The molecule has 2 fully saturated rings. The average Bonchev–Trinajstić information content (AvgIpc) is 3.61. The topological polar surface area (TPSA) is 64.4 Å². The summed E-state index contributed by atoms with van der Waals surface area (Å²) in [5.41, 5.74) is 2.13. The van der Waals surface area contributed by atoms with E-state index in [0.29, 0.717) is 41.0 Å². The number of hydrogen-bond donors (Lipinski definition) is 0. The summed E-state index contributed by atoms with van der Waals surface area (Å²) >= 11 is 1.54. The van der Waals surface area contributed by atoms with Gasteiger partial charge < -0.3 is 19.0 Å². The number of hydrogen-bond acceptors (Lipinski definition) is 6. The minimum absolute atomic E-state index is 0.0602. The third-order valence-corrected chi connectivity index (χ3v) is 7.84. The molecular formula is C25H27F2N3O3S. The van der Waals surface area contributed by atoms with Crippen molar-refractivity contribution >= 4 is 45.8 Å². The highest BCUT2D eigenvalue weighted by molar-refractivity contribution is 7.98. The second kappa shape index (κ2) is 9.26. The lowest BCUT2D eigenvalue weighted by Gasteiger charge is -2.43. The zero-order chi connectivity index (χ0) is 24.0. The number of thioether (sulfide) groups is 1. The fraction of sp³-hybridized carbons (Fsp3) is 0.480.